The Hall–Kier alpha value is -2.41. The number of aryl methyl sites for hydroxylation is 1. The van der Waals surface area contributed by atoms with Crippen molar-refractivity contribution in [1.82, 2.24) is 10.3 Å². The predicted molar refractivity (Wildman–Crippen MR) is 87.3 cm³/mol. The second-order valence-corrected chi connectivity index (χ2v) is 5.93. The van der Waals surface area contributed by atoms with Crippen LogP contribution in [-0.2, 0) is 6.54 Å². The first-order valence-electron chi connectivity index (χ1n) is 7.03. The monoisotopic (exact) mass is 332 g/mol. The summed E-state index contributed by atoms with van der Waals surface area (Å²) < 4.78 is 10.5. The molecule has 6 nitrogen and oxygen atoms in total. The van der Waals surface area contributed by atoms with Gasteiger partial charge in [0.15, 0.2) is 11.5 Å². The molecule has 0 radical (unpaired) electrons. The summed E-state index contributed by atoms with van der Waals surface area (Å²) in [6.45, 7) is 2.16. The van der Waals surface area contributed by atoms with Crippen molar-refractivity contribution < 1.29 is 14.3 Å². The average Bonchev–Trinajstić information content (AvgIpc) is 3.00. The van der Waals surface area contributed by atoms with E-state index in [2.05, 4.69) is 10.3 Å². The molecule has 1 aliphatic heterocycles. The second kappa shape index (κ2) is 6.37. The number of amides is 1. The van der Waals surface area contributed by atoms with Crippen LogP contribution in [0.1, 0.15) is 21.6 Å². The van der Waals surface area contributed by atoms with Gasteiger partial charge in [0.1, 0.15) is 0 Å². The van der Waals surface area contributed by atoms with E-state index in [1.165, 1.54) is 11.8 Å². The van der Waals surface area contributed by atoms with E-state index in [0.717, 1.165) is 10.6 Å². The summed E-state index contributed by atoms with van der Waals surface area (Å²) in [6, 6.07) is 6.89. The lowest BCUT2D eigenvalue weighted by molar-refractivity contribution is 0.0950. The highest BCUT2D eigenvalue weighted by Crippen LogP contribution is 2.32. The molecule has 0 spiro atoms. The molecule has 1 aliphatic rings. The summed E-state index contributed by atoms with van der Waals surface area (Å²) in [5.74, 6) is 0.909. The Labute approximate surface area is 137 Å². The van der Waals surface area contributed by atoms with Gasteiger partial charge in [-0.15, -0.1) is 11.8 Å². The van der Waals surface area contributed by atoms with Crippen LogP contribution in [0.2, 0.25) is 0 Å². The number of pyridine rings is 1. The first-order chi connectivity index (χ1) is 11.1. The molecule has 2 N–H and O–H groups in total. The highest BCUT2D eigenvalue weighted by atomic mass is 32.2. The molecular formula is C16H16N2O4S. The normalized spacial score (nSPS) is 12.3. The third-order valence-corrected chi connectivity index (χ3v) is 4.31. The van der Waals surface area contributed by atoms with E-state index < -0.39 is 0 Å². The van der Waals surface area contributed by atoms with Gasteiger partial charge in [0.05, 0.1) is 0 Å². The maximum atomic E-state index is 12.3. The van der Waals surface area contributed by atoms with Crippen LogP contribution in [0.25, 0.3) is 0 Å². The van der Waals surface area contributed by atoms with Crippen molar-refractivity contribution in [2.24, 2.45) is 0 Å². The van der Waals surface area contributed by atoms with Crippen LogP contribution in [-0.4, -0.2) is 23.9 Å². The minimum absolute atomic E-state index is 0.163. The molecule has 1 aromatic heterocycles. The van der Waals surface area contributed by atoms with Gasteiger partial charge in [-0.3, -0.25) is 9.59 Å². The SMILES string of the molecule is CSc1cc(C)[nH]c(=O)c1CNC(=O)c1ccc2c(c1)OCO2. The number of rotatable bonds is 4. The number of H-pyrrole nitrogens is 1. The molecule has 2 heterocycles. The number of aromatic nitrogens is 1. The van der Waals surface area contributed by atoms with Gasteiger partial charge in [-0.2, -0.15) is 0 Å². The number of carbonyl (C=O) groups excluding carboxylic acids is 1. The van der Waals surface area contributed by atoms with Crippen LogP contribution >= 0.6 is 11.8 Å². The van der Waals surface area contributed by atoms with Crippen LogP contribution in [0.15, 0.2) is 34.0 Å². The molecule has 0 atom stereocenters. The highest BCUT2D eigenvalue weighted by molar-refractivity contribution is 7.98. The number of benzene rings is 1. The molecule has 0 fully saturated rings. The van der Waals surface area contributed by atoms with Gasteiger partial charge >= 0.3 is 0 Å². The number of carbonyl (C=O) groups is 1. The van der Waals surface area contributed by atoms with Gasteiger partial charge in [-0.05, 0) is 37.4 Å². The van der Waals surface area contributed by atoms with Gasteiger partial charge in [0.2, 0.25) is 6.79 Å². The molecule has 1 amide bonds. The lowest BCUT2D eigenvalue weighted by atomic mass is 10.2. The molecule has 0 saturated carbocycles. The van der Waals surface area contributed by atoms with Gasteiger partial charge in [0, 0.05) is 28.3 Å². The lowest BCUT2D eigenvalue weighted by Gasteiger charge is -2.09. The maximum absolute atomic E-state index is 12.3. The first kappa shape index (κ1) is 15.5. The van der Waals surface area contributed by atoms with Crippen molar-refractivity contribution in [2.75, 3.05) is 13.0 Å². The Balaban J connectivity index is 1.76. The zero-order chi connectivity index (χ0) is 16.4. The summed E-state index contributed by atoms with van der Waals surface area (Å²) in [5, 5.41) is 2.77. The largest absolute Gasteiger partial charge is 0.454 e. The molecular weight excluding hydrogens is 316 g/mol. The summed E-state index contributed by atoms with van der Waals surface area (Å²) in [7, 11) is 0. The molecule has 120 valence electrons. The Morgan fingerprint density at radius 1 is 1.30 bits per heavy atom. The van der Waals surface area contributed by atoms with Gasteiger partial charge in [0.25, 0.3) is 11.5 Å². The van der Waals surface area contributed by atoms with Crippen LogP contribution in [0.5, 0.6) is 11.5 Å². The van der Waals surface area contributed by atoms with Crippen LogP contribution in [0.3, 0.4) is 0 Å². The van der Waals surface area contributed by atoms with Crippen molar-refractivity contribution >= 4 is 17.7 Å². The smallest absolute Gasteiger partial charge is 0.254 e. The summed E-state index contributed by atoms with van der Waals surface area (Å²) in [4.78, 5) is 27.9. The minimum Gasteiger partial charge on any atom is -0.454 e. The van der Waals surface area contributed by atoms with Gasteiger partial charge in [-0.1, -0.05) is 0 Å². The van der Waals surface area contributed by atoms with Crippen LogP contribution < -0.4 is 20.3 Å². The van der Waals surface area contributed by atoms with Crippen LogP contribution in [0, 0.1) is 6.92 Å². The number of hydrogen-bond donors (Lipinski definition) is 2. The summed E-state index contributed by atoms with van der Waals surface area (Å²) >= 11 is 1.48. The number of fused-ring (bicyclic) bond motifs is 1. The number of aromatic amines is 1. The van der Waals surface area contributed by atoms with E-state index in [1.54, 1.807) is 18.2 Å². The molecule has 0 saturated heterocycles. The second-order valence-electron chi connectivity index (χ2n) is 5.08. The molecule has 1 aromatic carbocycles. The summed E-state index contributed by atoms with van der Waals surface area (Å²) in [5.41, 5.74) is 1.63. The van der Waals surface area contributed by atoms with Crippen molar-refractivity contribution in [2.45, 2.75) is 18.4 Å². The van der Waals surface area contributed by atoms with E-state index in [4.69, 9.17) is 9.47 Å². The van der Waals surface area contributed by atoms with Crippen LogP contribution in [0.4, 0.5) is 0 Å². The number of ether oxygens (including phenoxy) is 2. The van der Waals surface area contributed by atoms with E-state index in [9.17, 15) is 9.59 Å². The van der Waals surface area contributed by atoms with E-state index in [-0.39, 0.29) is 24.8 Å². The number of hydrogen-bond acceptors (Lipinski definition) is 5. The molecule has 0 unspecified atom stereocenters. The van der Waals surface area contributed by atoms with E-state index in [1.807, 2.05) is 19.2 Å². The topological polar surface area (TPSA) is 80.4 Å². The third-order valence-electron chi connectivity index (χ3n) is 3.51. The van der Waals surface area contributed by atoms with E-state index in [0.29, 0.717) is 22.6 Å². The fraction of sp³-hybridized carbons (Fsp3) is 0.250. The summed E-state index contributed by atoms with van der Waals surface area (Å²) in [6.07, 6.45) is 1.90. The van der Waals surface area contributed by atoms with E-state index >= 15 is 0 Å². The molecule has 0 bridgehead atoms. The van der Waals surface area contributed by atoms with Crippen molar-refractivity contribution in [1.29, 1.82) is 0 Å². The Bertz CT molecular complexity index is 816. The molecule has 2 aromatic rings. The fourth-order valence-corrected chi connectivity index (χ4v) is 3.05. The number of nitrogens with one attached hydrogen (secondary N) is 2. The van der Waals surface area contributed by atoms with Crippen molar-refractivity contribution in [3.8, 4) is 11.5 Å². The molecule has 23 heavy (non-hydrogen) atoms. The quantitative estimate of drug-likeness (QED) is 0.838. The average molecular weight is 332 g/mol. The Kier molecular flexibility index (Phi) is 4.29. The molecule has 7 heteroatoms. The molecule has 3 rings (SSSR count). The zero-order valence-electron chi connectivity index (χ0n) is 12.8. The Morgan fingerprint density at radius 2 is 2.09 bits per heavy atom. The van der Waals surface area contributed by atoms with Crippen molar-refractivity contribution in [3.63, 3.8) is 0 Å². The van der Waals surface area contributed by atoms with Gasteiger partial charge < -0.3 is 19.8 Å². The lowest BCUT2D eigenvalue weighted by Crippen LogP contribution is -2.27. The predicted octanol–water partition coefficient (Wildman–Crippen LogP) is 2.06. The highest BCUT2D eigenvalue weighted by Gasteiger charge is 2.17. The van der Waals surface area contributed by atoms with Gasteiger partial charge in [-0.25, -0.2) is 0 Å². The van der Waals surface area contributed by atoms with Crippen molar-refractivity contribution in [3.05, 3.63) is 51.4 Å². The minimum atomic E-state index is -0.268. The third kappa shape index (κ3) is 3.19. The first-order valence-corrected chi connectivity index (χ1v) is 8.25. The molecule has 0 aliphatic carbocycles. The standard InChI is InChI=1S/C16H16N2O4S/c1-9-5-14(23-2)11(16(20)18-9)7-17-15(19)10-3-4-12-13(6-10)22-8-21-12/h3-6H,7-8H2,1-2H3,(H,17,19)(H,18,20). The zero-order valence-corrected chi connectivity index (χ0v) is 13.6. The Morgan fingerprint density at radius 3 is 2.87 bits per heavy atom. The fourth-order valence-electron chi connectivity index (χ4n) is 2.34. The number of thioether (sulfide) groups is 1. The maximum Gasteiger partial charge on any atom is 0.254 e.